The van der Waals surface area contributed by atoms with Crippen LogP contribution in [0.15, 0.2) is 65.8 Å². The van der Waals surface area contributed by atoms with Gasteiger partial charge in [0.15, 0.2) is 11.0 Å². The van der Waals surface area contributed by atoms with Crippen LogP contribution < -0.4 is 0 Å². The van der Waals surface area contributed by atoms with Crippen molar-refractivity contribution in [2.45, 2.75) is 44.3 Å². The Morgan fingerprint density at radius 2 is 1.68 bits per heavy atom. The molecule has 1 unspecified atom stereocenters. The van der Waals surface area contributed by atoms with Crippen LogP contribution in [0.5, 0.6) is 0 Å². The number of hydrogen-bond acceptors (Lipinski definition) is 5. The lowest BCUT2D eigenvalue weighted by molar-refractivity contribution is -0.141. The van der Waals surface area contributed by atoms with Crippen molar-refractivity contribution < 1.29 is 9.59 Å². The molecule has 8 heteroatoms. The summed E-state index contributed by atoms with van der Waals surface area (Å²) in [6.07, 6.45) is 2.29. The number of aromatic nitrogens is 3. The van der Waals surface area contributed by atoms with Crippen molar-refractivity contribution in [3.8, 4) is 17.1 Å². The van der Waals surface area contributed by atoms with E-state index in [2.05, 4.69) is 26.9 Å². The molecule has 1 aliphatic rings. The highest BCUT2D eigenvalue weighted by molar-refractivity contribution is 7.99. The van der Waals surface area contributed by atoms with E-state index in [0.717, 1.165) is 40.8 Å². The Balaban J connectivity index is 1.32. The SMILES string of the molecule is CC(=O)N1CCN(C(=O)CCCCSc2nnc(-c3ccccc3)n2-c2ccccc2)CC1C. The van der Waals surface area contributed by atoms with Gasteiger partial charge in [-0.25, -0.2) is 0 Å². The van der Waals surface area contributed by atoms with E-state index in [0.29, 0.717) is 26.1 Å². The minimum absolute atomic E-state index is 0.0777. The average molecular weight is 478 g/mol. The number of piperazine rings is 1. The second-order valence-electron chi connectivity index (χ2n) is 8.55. The molecule has 1 fully saturated rings. The monoisotopic (exact) mass is 477 g/mol. The largest absolute Gasteiger partial charge is 0.339 e. The first-order valence-electron chi connectivity index (χ1n) is 11.8. The van der Waals surface area contributed by atoms with E-state index >= 15 is 0 Å². The number of carbonyl (C=O) groups is 2. The van der Waals surface area contributed by atoms with Gasteiger partial charge in [-0.05, 0) is 31.9 Å². The molecule has 3 aromatic rings. The summed E-state index contributed by atoms with van der Waals surface area (Å²) >= 11 is 1.67. The Labute approximate surface area is 205 Å². The van der Waals surface area contributed by atoms with Gasteiger partial charge >= 0.3 is 0 Å². The van der Waals surface area contributed by atoms with E-state index in [-0.39, 0.29) is 17.9 Å². The Morgan fingerprint density at radius 3 is 2.35 bits per heavy atom. The summed E-state index contributed by atoms with van der Waals surface area (Å²) < 4.78 is 2.10. The summed E-state index contributed by atoms with van der Waals surface area (Å²) in [5, 5.41) is 9.81. The van der Waals surface area contributed by atoms with E-state index in [1.54, 1.807) is 18.7 Å². The third-order valence-electron chi connectivity index (χ3n) is 6.08. The predicted molar refractivity (Wildman–Crippen MR) is 135 cm³/mol. The average Bonchev–Trinajstić information content (AvgIpc) is 3.28. The fraction of sp³-hybridized carbons (Fsp3) is 0.385. The van der Waals surface area contributed by atoms with Crippen molar-refractivity contribution in [3.05, 3.63) is 60.7 Å². The molecular formula is C26H31N5O2S. The summed E-state index contributed by atoms with van der Waals surface area (Å²) in [7, 11) is 0. The molecule has 0 saturated carbocycles. The van der Waals surface area contributed by atoms with E-state index < -0.39 is 0 Å². The number of hydrogen-bond donors (Lipinski definition) is 0. The Kier molecular flexibility index (Phi) is 8.00. The molecule has 1 saturated heterocycles. The van der Waals surface area contributed by atoms with Gasteiger partial charge in [0.1, 0.15) is 0 Å². The van der Waals surface area contributed by atoms with Crippen LogP contribution in [0.1, 0.15) is 33.1 Å². The molecule has 178 valence electrons. The lowest BCUT2D eigenvalue weighted by Gasteiger charge is -2.39. The smallest absolute Gasteiger partial charge is 0.222 e. The van der Waals surface area contributed by atoms with Gasteiger partial charge in [-0.2, -0.15) is 0 Å². The third kappa shape index (κ3) is 5.67. The van der Waals surface area contributed by atoms with Gasteiger partial charge in [0.2, 0.25) is 11.8 Å². The molecule has 1 atom stereocenters. The van der Waals surface area contributed by atoms with Crippen LogP contribution in [0.25, 0.3) is 17.1 Å². The van der Waals surface area contributed by atoms with Crippen LogP contribution in [-0.2, 0) is 9.59 Å². The molecule has 2 amide bonds. The van der Waals surface area contributed by atoms with Crippen LogP contribution in [0.2, 0.25) is 0 Å². The molecular weight excluding hydrogens is 446 g/mol. The van der Waals surface area contributed by atoms with E-state index in [1.165, 1.54) is 0 Å². The van der Waals surface area contributed by atoms with Gasteiger partial charge in [0, 0.05) is 56.0 Å². The van der Waals surface area contributed by atoms with E-state index in [9.17, 15) is 9.59 Å². The predicted octanol–water partition coefficient (Wildman–Crippen LogP) is 4.28. The first-order chi connectivity index (χ1) is 16.5. The topological polar surface area (TPSA) is 71.3 Å². The number of thioether (sulfide) groups is 1. The first-order valence-corrected chi connectivity index (χ1v) is 12.8. The summed E-state index contributed by atoms with van der Waals surface area (Å²) in [6.45, 7) is 5.46. The number of benzene rings is 2. The molecule has 0 aliphatic carbocycles. The number of unbranched alkanes of at least 4 members (excludes halogenated alkanes) is 1. The second-order valence-corrected chi connectivity index (χ2v) is 9.61. The Bertz CT molecular complexity index is 1100. The zero-order chi connectivity index (χ0) is 23.9. The normalized spacial score (nSPS) is 16.0. The highest BCUT2D eigenvalue weighted by atomic mass is 32.2. The molecule has 0 N–H and O–H groups in total. The zero-order valence-electron chi connectivity index (χ0n) is 19.8. The Morgan fingerprint density at radius 1 is 0.971 bits per heavy atom. The van der Waals surface area contributed by atoms with Crippen molar-refractivity contribution in [2.24, 2.45) is 0 Å². The van der Waals surface area contributed by atoms with Crippen molar-refractivity contribution in [1.82, 2.24) is 24.6 Å². The maximum Gasteiger partial charge on any atom is 0.222 e. The van der Waals surface area contributed by atoms with Gasteiger partial charge in [-0.15, -0.1) is 10.2 Å². The number of para-hydroxylation sites is 1. The molecule has 0 spiro atoms. The summed E-state index contributed by atoms with van der Waals surface area (Å²) in [4.78, 5) is 28.0. The number of rotatable bonds is 8. The van der Waals surface area contributed by atoms with Gasteiger partial charge in [-0.3, -0.25) is 14.2 Å². The van der Waals surface area contributed by atoms with Crippen LogP contribution in [0, 0.1) is 0 Å². The highest BCUT2D eigenvalue weighted by Gasteiger charge is 2.27. The maximum atomic E-state index is 12.6. The Hall–Kier alpha value is -3.13. The molecule has 1 aromatic heterocycles. The zero-order valence-corrected chi connectivity index (χ0v) is 20.6. The van der Waals surface area contributed by atoms with E-state index in [1.807, 2.05) is 65.3 Å². The summed E-state index contributed by atoms with van der Waals surface area (Å²) in [6, 6.07) is 20.3. The maximum absolute atomic E-state index is 12.6. The van der Waals surface area contributed by atoms with E-state index in [4.69, 9.17) is 0 Å². The van der Waals surface area contributed by atoms with Crippen LogP contribution in [0.4, 0.5) is 0 Å². The highest BCUT2D eigenvalue weighted by Crippen LogP contribution is 2.28. The third-order valence-corrected chi connectivity index (χ3v) is 7.10. The number of carbonyl (C=O) groups excluding carboxylic acids is 2. The van der Waals surface area contributed by atoms with Gasteiger partial charge in [0.25, 0.3) is 0 Å². The molecule has 0 bridgehead atoms. The first kappa shape index (κ1) is 24.0. The molecule has 2 heterocycles. The number of amides is 2. The fourth-order valence-corrected chi connectivity index (χ4v) is 5.25. The van der Waals surface area contributed by atoms with Crippen LogP contribution >= 0.6 is 11.8 Å². The van der Waals surface area contributed by atoms with Gasteiger partial charge in [-0.1, -0.05) is 60.3 Å². The molecule has 0 radical (unpaired) electrons. The molecule has 1 aliphatic heterocycles. The fourth-order valence-electron chi connectivity index (χ4n) is 4.30. The quantitative estimate of drug-likeness (QED) is 0.358. The molecule has 2 aromatic carbocycles. The van der Waals surface area contributed by atoms with Crippen molar-refractivity contribution in [3.63, 3.8) is 0 Å². The number of nitrogens with zero attached hydrogens (tertiary/aromatic N) is 5. The molecule has 4 rings (SSSR count). The minimum atomic E-state index is 0.0777. The van der Waals surface area contributed by atoms with Crippen LogP contribution in [-0.4, -0.2) is 67.8 Å². The van der Waals surface area contributed by atoms with Gasteiger partial charge in [0.05, 0.1) is 0 Å². The lowest BCUT2D eigenvalue weighted by atomic mass is 10.1. The lowest BCUT2D eigenvalue weighted by Crippen LogP contribution is -2.54. The molecule has 34 heavy (non-hydrogen) atoms. The van der Waals surface area contributed by atoms with Crippen molar-refractivity contribution in [2.75, 3.05) is 25.4 Å². The van der Waals surface area contributed by atoms with Crippen molar-refractivity contribution in [1.29, 1.82) is 0 Å². The summed E-state index contributed by atoms with van der Waals surface area (Å²) in [5.74, 6) is 1.94. The molecule has 7 nitrogen and oxygen atoms in total. The standard InChI is InChI=1S/C26H31N5O2S/c1-20-19-29(16-17-30(20)21(2)32)24(33)15-9-10-18-34-26-28-27-25(22-11-5-3-6-12-22)31(26)23-13-7-4-8-14-23/h3-8,11-14,20H,9-10,15-19H2,1-2H3. The van der Waals surface area contributed by atoms with Crippen LogP contribution in [0.3, 0.4) is 0 Å². The van der Waals surface area contributed by atoms with Gasteiger partial charge < -0.3 is 9.80 Å². The second kappa shape index (κ2) is 11.3. The summed E-state index contributed by atoms with van der Waals surface area (Å²) in [5.41, 5.74) is 2.05. The van der Waals surface area contributed by atoms with Crippen molar-refractivity contribution >= 4 is 23.6 Å². The minimum Gasteiger partial charge on any atom is -0.339 e.